The van der Waals surface area contributed by atoms with Crippen molar-refractivity contribution in [2.45, 2.75) is 0 Å². The van der Waals surface area contributed by atoms with Crippen molar-refractivity contribution in [3.63, 3.8) is 0 Å². The molecule has 2 nitrogen and oxygen atoms in total. The first kappa shape index (κ1) is 7.64. The summed E-state index contributed by atoms with van der Waals surface area (Å²) < 4.78 is 0. The van der Waals surface area contributed by atoms with Crippen LogP contribution in [0.25, 0.3) is 0 Å². The van der Waals surface area contributed by atoms with Gasteiger partial charge in [-0.15, -0.1) is 0 Å². The standard InChI is InChI=1S/C7H8N2/c1-3-4-5-7(6-8)9-2/h3-5H,1H2,2H3. The number of hydrogen-bond acceptors (Lipinski definition) is 2. The molecule has 0 N–H and O–H groups in total. The van der Waals surface area contributed by atoms with Crippen LogP contribution in [-0.4, -0.2) is 12.8 Å². The quantitative estimate of drug-likeness (QED) is 0.400. The van der Waals surface area contributed by atoms with Crippen LogP contribution in [0.5, 0.6) is 0 Å². The highest BCUT2D eigenvalue weighted by atomic mass is 14.7. The third-order valence-corrected chi connectivity index (χ3v) is 0.746. The predicted octanol–water partition coefficient (Wildman–Crippen LogP) is 1.32. The van der Waals surface area contributed by atoms with Gasteiger partial charge in [0.1, 0.15) is 11.8 Å². The molecule has 46 valence electrons. The maximum absolute atomic E-state index is 8.29. The van der Waals surface area contributed by atoms with Gasteiger partial charge >= 0.3 is 0 Å². The lowest BCUT2D eigenvalue weighted by Gasteiger charge is -1.78. The molecular formula is C7H8N2. The molecule has 9 heavy (non-hydrogen) atoms. The monoisotopic (exact) mass is 120 g/mol. The van der Waals surface area contributed by atoms with Crippen molar-refractivity contribution in [2.24, 2.45) is 4.99 Å². The Morgan fingerprint density at radius 3 is 2.78 bits per heavy atom. The summed E-state index contributed by atoms with van der Waals surface area (Å²) in [7, 11) is 1.58. The SMILES string of the molecule is C=CC=CC(C#N)=NC. The van der Waals surface area contributed by atoms with Gasteiger partial charge in [-0.05, 0) is 6.08 Å². The van der Waals surface area contributed by atoms with E-state index in [1.54, 1.807) is 25.3 Å². The van der Waals surface area contributed by atoms with Crippen molar-refractivity contribution in [2.75, 3.05) is 7.05 Å². The van der Waals surface area contributed by atoms with Crippen molar-refractivity contribution in [1.82, 2.24) is 0 Å². The Kier molecular flexibility index (Phi) is 4.07. The van der Waals surface area contributed by atoms with Gasteiger partial charge in [-0.2, -0.15) is 5.26 Å². The van der Waals surface area contributed by atoms with Crippen molar-refractivity contribution in [3.05, 3.63) is 24.8 Å². The van der Waals surface area contributed by atoms with Crippen LogP contribution in [0, 0.1) is 11.3 Å². The number of allylic oxidation sites excluding steroid dienone is 3. The molecule has 0 saturated heterocycles. The summed E-state index contributed by atoms with van der Waals surface area (Å²) in [6.07, 6.45) is 4.88. The highest BCUT2D eigenvalue weighted by Gasteiger charge is 1.82. The van der Waals surface area contributed by atoms with E-state index in [0.717, 1.165) is 0 Å². The molecule has 0 aliphatic rings. The van der Waals surface area contributed by atoms with E-state index in [0.29, 0.717) is 5.71 Å². The molecule has 0 atom stereocenters. The molecule has 0 aliphatic heterocycles. The maximum Gasteiger partial charge on any atom is 0.134 e. The zero-order chi connectivity index (χ0) is 7.11. The summed E-state index contributed by atoms with van der Waals surface area (Å²) in [5.41, 5.74) is 0.412. The minimum atomic E-state index is 0.412. The van der Waals surface area contributed by atoms with Crippen LogP contribution in [0.4, 0.5) is 0 Å². The van der Waals surface area contributed by atoms with E-state index >= 15 is 0 Å². The Labute approximate surface area is 54.8 Å². The van der Waals surface area contributed by atoms with Crippen molar-refractivity contribution < 1.29 is 0 Å². The number of rotatable bonds is 2. The fraction of sp³-hybridized carbons (Fsp3) is 0.143. The zero-order valence-electron chi connectivity index (χ0n) is 5.33. The van der Waals surface area contributed by atoms with Crippen LogP contribution in [0.3, 0.4) is 0 Å². The molecule has 0 radical (unpaired) electrons. The minimum Gasteiger partial charge on any atom is -0.278 e. The molecular weight excluding hydrogens is 112 g/mol. The van der Waals surface area contributed by atoms with E-state index in [9.17, 15) is 0 Å². The molecule has 0 aromatic heterocycles. The molecule has 0 unspecified atom stereocenters. The molecule has 0 aliphatic carbocycles. The maximum atomic E-state index is 8.29. The molecule has 0 aromatic carbocycles. The molecule has 0 heterocycles. The molecule has 0 aromatic rings. The fourth-order valence-corrected chi connectivity index (χ4v) is 0.321. The third kappa shape index (κ3) is 3.24. The molecule has 0 spiro atoms. The van der Waals surface area contributed by atoms with Crippen LogP contribution in [0.15, 0.2) is 29.8 Å². The van der Waals surface area contributed by atoms with Crippen LogP contribution in [-0.2, 0) is 0 Å². The summed E-state index contributed by atoms with van der Waals surface area (Å²) in [6.45, 7) is 3.45. The van der Waals surface area contributed by atoms with Gasteiger partial charge in [-0.3, -0.25) is 4.99 Å². The first-order chi connectivity index (χ1) is 4.35. The van der Waals surface area contributed by atoms with Gasteiger partial charge < -0.3 is 0 Å². The second-order valence-corrected chi connectivity index (χ2v) is 1.32. The largest absolute Gasteiger partial charge is 0.278 e. The highest BCUT2D eigenvalue weighted by Crippen LogP contribution is 1.78. The normalized spacial score (nSPS) is 11.3. The Balaban J connectivity index is 4.05. The molecule has 0 rings (SSSR count). The van der Waals surface area contributed by atoms with Crippen molar-refractivity contribution >= 4 is 5.71 Å². The number of aliphatic imine (C=N–C) groups is 1. The second-order valence-electron chi connectivity index (χ2n) is 1.32. The number of nitrogens with zero attached hydrogens (tertiary/aromatic N) is 2. The van der Waals surface area contributed by atoms with Gasteiger partial charge in [-0.25, -0.2) is 0 Å². The topological polar surface area (TPSA) is 36.1 Å². The third-order valence-electron chi connectivity index (χ3n) is 0.746. The Hall–Kier alpha value is -1.36. The van der Waals surface area contributed by atoms with Gasteiger partial charge in [0.2, 0.25) is 0 Å². The molecule has 0 amide bonds. The molecule has 0 bridgehead atoms. The van der Waals surface area contributed by atoms with E-state index in [4.69, 9.17) is 5.26 Å². The Bertz CT molecular complexity index is 182. The van der Waals surface area contributed by atoms with Crippen molar-refractivity contribution in [1.29, 1.82) is 5.26 Å². The van der Waals surface area contributed by atoms with Crippen LogP contribution < -0.4 is 0 Å². The van der Waals surface area contributed by atoms with E-state index in [1.807, 2.05) is 6.07 Å². The van der Waals surface area contributed by atoms with Crippen LogP contribution in [0.2, 0.25) is 0 Å². The minimum absolute atomic E-state index is 0.412. The number of nitriles is 1. The first-order valence-electron chi connectivity index (χ1n) is 2.51. The molecule has 0 saturated carbocycles. The van der Waals surface area contributed by atoms with Gasteiger partial charge in [-0.1, -0.05) is 18.7 Å². The summed E-state index contributed by atoms with van der Waals surface area (Å²) in [5, 5.41) is 8.29. The lowest BCUT2D eigenvalue weighted by atomic mass is 10.3. The lowest BCUT2D eigenvalue weighted by molar-refractivity contribution is 1.44. The number of hydrogen-bond donors (Lipinski definition) is 0. The van der Waals surface area contributed by atoms with E-state index in [1.165, 1.54) is 0 Å². The summed E-state index contributed by atoms with van der Waals surface area (Å²) in [4.78, 5) is 3.66. The Morgan fingerprint density at radius 1 is 1.78 bits per heavy atom. The van der Waals surface area contributed by atoms with Gasteiger partial charge in [0.05, 0.1) is 0 Å². The van der Waals surface area contributed by atoms with E-state index in [-0.39, 0.29) is 0 Å². The second kappa shape index (κ2) is 4.79. The highest BCUT2D eigenvalue weighted by molar-refractivity contribution is 6.07. The van der Waals surface area contributed by atoms with Crippen molar-refractivity contribution in [3.8, 4) is 6.07 Å². The van der Waals surface area contributed by atoms with E-state index in [2.05, 4.69) is 11.6 Å². The zero-order valence-corrected chi connectivity index (χ0v) is 5.33. The lowest BCUT2D eigenvalue weighted by Crippen LogP contribution is -1.84. The van der Waals surface area contributed by atoms with Gasteiger partial charge in [0.25, 0.3) is 0 Å². The fourth-order valence-electron chi connectivity index (χ4n) is 0.321. The van der Waals surface area contributed by atoms with Gasteiger partial charge in [0.15, 0.2) is 0 Å². The van der Waals surface area contributed by atoms with Crippen LogP contribution in [0.1, 0.15) is 0 Å². The first-order valence-corrected chi connectivity index (χ1v) is 2.51. The predicted molar refractivity (Wildman–Crippen MR) is 38.3 cm³/mol. The molecule has 2 heteroatoms. The summed E-state index contributed by atoms with van der Waals surface area (Å²) in [5.74, 6) is 0. The summed E-state index contributed by atoms with van der Waals surface area (Å²) >= 11 is 0. The van der Waals surface area contributed by atoms with E-state index < -0.39 is 0 Å². The smallest absolute Gasteiger partial charge is 0.134 e. The molecule has 0 fully saturated rings. The average Bonchev–Trinajstić information content (AvgIpc) is 1.91. The Morgan fingerprint density at radius 2 is 2.44 bits per heavy atom. The average molecular weight is 120 g/mol. The van der Waals surface area contributed by atoms with Gasteiger partial charge in [0, 0.05) is 7.05 Å². The van der Waals surface area contributed by atoms with Crippen LogP contribution >= 0.6 is 0 Å². The summed E-state index contributed by atoms with van der Waals surface area (Å²) in [6, 6.07) is 1.90.